The number of amides is 1. The van der Waals surface area contributed by atoms with Crippen LogP contribution in [0.25, 0.3) is 10.9 Å². The summed E-state index contributed by atoms with van der Waals surface area (Å²) in [5.74, 6) is -0.648. The van der Waals surface area contributed by atoms with E-state index in [4.69, 9.17) is 4.74 Å². The Labute approximate surface area is 130 Å². The summed E-state index contributed by atoms with van der Waals surface area (Å²) in [6.45, 7) is 3.80. The average molecular weight is 302 g/mol. The van der Waals surface area contributed by atoms with E-state index in [1.807, 2.05) is 38.1 Å². The Morgan fingerprint density at radius 1 is 1.23 bits per heavy atom. The number of rotatable bonds is 7. The van der Waals surface area contributed by atoms with Crippen LogP contribution in [-0.4, -0.2) is 29.5 Å². The molecule has 0 saturated carbocycles. The van der Waals surface area contributed by atoms with Crippen LogP contribution in [0.3, 0.4) is 0 Å². The fraction of sp³-hybridized carbons (Fsp3) is 0.412. The summed E-state index contributed by atoms with van der Waals surface area (Å²) >= 11 is 0. The Balaban J connectivity index is 1.84. The Bertz CT molecular complexity index is 644. The second-order valence-corrected chi connectivity index (χ2v) is 5.28. The topological polar surface area (TPSA) is 71.2 Å². The predicted octanol–water partition coefficient (Wildman–Crippen LogP) is 2.56. The molecule has 2 N–H and O–H groups in total. The second-order valence-electron chi connectivity index (χ2n) is 5.28. The van der Waals surface area contributed by atoms with Crippen molar-refractivity contribution in [1.29, 1.82) is 0 Å². The van der Waals surface area contributed by atoms with E-state index in [1.165, 1.54) is 0 Å². The molecule has 0 aliphatic carbocycles. The highest BCUT2D eigenvalue weighted by Gasteiger charge is 2.13. The third kappa shape index (κ3) is 4.10. The van der Waals surface area contributed by atoms with Gasteiger partial charge in [-0.1, -0.05) is 32.0 Å². The fourth-order valence-corrected chi connectivity index (χ4v) is 2.39. The van der Waals surface area contributed by atoms with Crippen LogP contribution < -0.4 is 5.32 Å². The molecule has 0 aliphatic rings. The van der Waals surface area contributed by atoms with Gasteiger partial charge < -0.3 is 15.0 Å². The Kier molecular flexibility index (Phi) is 5.58. The average Bonchev–Trinajstić information content (AvgIpc) is 2.94. The molecule has 5 heteroatoms. The van der Waals surface area contributed by atoms with Crippen LogP contribution in [0.5, 0.6) is 0 Å². The van der Waals surface area contributed by atoms with Crippen LogP contribution >= 0.6 is 0 Å². The van der Waals surface area contributed by atoms with Gasteiger partial charge in [-0.25, -0.2) is 0 Å². The fourth-order valence-electron chi connectivity index (χ4n) is 2.39. The van der Waals surface area contributed by atoms with Crippen molar-refractivity contribution in [2.24, 2.45) is 0 Å². The van der Waals surface area contributed by atoms with Gasteiger partial charge in [0.2, 0.25) is 0 Å². The summed E-state index contributed by atoms with van der Waals surface area (Å²) < 4.78 is 5.05. The zero-order chi connectivity index (χ0) is 15.9. The minimum absolute atomic E-state index is 0.139. The number of benzene rings is 1. The lowest BCUT2D eigenvalue weighted by Gasteiger charge is -2.14. The molecule has 0 bridgehead atoms. The maximum Gasteiger partial charge on any atom is 0.310 e. The highest BCUT2D eigenvalue weighted by Crippen LogP contribution is 2.18. The molecule has 118 valence electrons. The first-order valence-electron chi connectivity index (χ1n) is 7.64. The molecule has 0 radical (unpaired) electrons. The number of hydrogen-bond acceptors (Lipinski definition) is 3. The Morgan fingerprint density at radius 3 is 2.68 bits per heavy atom. The first-order valence-corrected chi connectivity index (χ1v) is 7.64. The van der Waals surface area contributed by atoms with Gasteiger partial charge >= 0.3 is 5.97 Å². The summed E-state index contributed by atoms with van der Waals surface area (Å²) in [6.07, 6.45) is 3.69. The Morgan fingerprint density at radius 2 is 1.95 bits per heavy atom. The molecule has 0 aliphatic heterocycles. The normalized spacial score (nSPS) is 10.9. The van der Waals surface area contributed by atoms with E-state index in [-0.39, 0.29) is 25.0 Å². The maximum absolute atomic E-state index is 11.9. The van der Waals surface area contributed by atoms with Gasteiger partial charge in [-0.05, 0) is 24.5 Å². The molecule has 0 atom stereocenters. The number of nitrogens with one attached hydrogen (secondary N) is 2. The summed E-state index contributed by atoms with van der Waals surface area (Å²) in [4.78, 5) is 26.7. The molecule has 0 fully saturated rings. The molecule has 1 aromatic carbocycles. The van der Waals surface area contributed by atoms with Crippen molar-refractivity contribution < 1.29 is 14.3 Å². The van der Waals surface area contributed by atoms with Crippen molar-refractivity contribution in [2.75, 3.05) is 6.61 Å². The molecule has 22 heavy (non-hydrogen) atoms. The monoisotopic (exact) mass is 302 g/mol. The van der Waals surface area contributed by atoms with E-state index in [0.717, 1.165) is 29.3 Å². The van der Waals surface area contributed by atoms with Gasteiger partial charge in [0.25, 0.3) is 5.91 Å². The number of H-pyrrole nitrogens is 1. The summed E-state index contributed by atoms with van der Waals surface area (Å²) in [6, 6.07) is 7.90. The van der Waals surface area contributed by atoms with E-state index in [1.54, 1.807) is 6.20 Å². The van der Waals surface area contributed by atoms with Crippen LogP contribution in [0.1, 0.15) is 32.3 Å². The number of hydrogen-bond donors (Lipinski definition) is 2. The van der Waals surface area contributed by atoms with Gasteiger partial charge in [0.1, 0.15) is 0 Å². The lowest BCUT2D eigenvalue weighted by atomic mass is 10.1. The quantitative estimate of drug-likeness (QED) is 0.772. The molecule has 1 heterocycles. The van der Waals surface area contributed by atoms with Gasteiger partial charge in [-0.15, -0.1) is 0 Å². The number of aromatic amines is 1. The number of fused-ring (bicyclic) bond motifs is 1. The number of ether oxygens (including phenoxy) is 1. The largest absolute Gasteiger partial charge is 0.455 e. The van der Waals surface area contributed by atoms with E-state index >= 15 is 0 Å². The highest BCUT2D eigenvalue weighted by molar-refractivity contribution is 5.88. The molecule has 1 aromatic heterocycles. The van der Waals surface area contributed by atoms with Gasteiger partial charge in [-0.2, -0.15) is 0 Å². The number of esters is 1. The second kappa shape index (κ2) is 7.64. The zero-order valence-corrected chi connectivity index (χ0v) is 13.0. The minimum Gasteiger partial charge on any atom is -0.455 e. The molecular formula is C17H22N2O3. The van der Waals surface area contributed by atoms with Crippen LogP contribution in [0, 0.1) is 0 Å². The Hall–Kier alpha value is -2.30. The smallest absolute Gasteiger partial charge is 0.310 e. The molecule has 2 rings (SSSR count). The summed E-state index contributed by atoms with van der Waals surface area (Å²) in [5.41, 5.74) is 1.86. The SMILES string of the molecule is CCC(CC)NC(=O)COC(=O)Cc1c[nH]c2ccccc12. The third-order valence-corrected chi connectivity index (χ3v) is 3.72. The van der Waals surface area contributed by atoms with Crippen molar-refractivity contribution in [2.45, 2.75) is 39.2 Å². The van der Waals surface area contributed by atoms with Crippen LogP contribution in [0.2, 0.25) is 0 Å². The zero-order valence-electron chi connectivity index (χ0n) is 13.0. The van der Waals surface area contributed by atoms with Crippen molar-refractivity contribution in [3.8, 4) is 0 Å². The van der Waals surface area contributed by atoms with E-state index in [2.05, 4.69) is 10.3 Å². The highest BCUT2D eigenvalue weighted by atomic mass is 16.5. The number of aromatic nitrogens is 1. The molecular weight excluding hydrogens is 280 g/mol. The minimum atomic E-state index is -0.399. The van der Waals surface area contributed by atoms with Gasteiger partial charge in [-0.3, -0.25) is 9.59 Å². The number of carbonyl (C=O) groups is 2. The van der Waals surface area contributed by atoms with Crippen molar-refractivity contribution in [1.82, 2.24) is 10.3 Å². The van der Waals surface area contributed by atoms with Gasteiger partial charge in [0, 0.05) is 23.1 Å². The summed E-state index contributed by atoms with van der Waals surface area (Å²) in [7, 11) is 0. The molecule has 0 unspecified atom stereocenters. The van der Waals surface area contributed by atoms with E-state index in [9.17, 15) is 9.59 Å². The lowest BCUT2D eigenvalue weighted by molar-refractivity contribution is -0.148. The molecule has 0 saturated heterocycles. The third-order valence-electron chi connectivity index (χ3n) is 3.72. The molecule has 2 aromatic rings. The molecule has 1 amide bonds. The number of carbonyl (C=O) groups excluding carboxylic acids is 2. The van der Waals surface area contributed by atoms with Crippen LogP contribution in [0.15, 0.2) is 30.5 Å². The van der Waals surface area contributed by atoms with Gasteiger partial charge in [0.05, 0.1) is 6.42 Å². The summed E-state index contributed by atoms with van der Waals surface area (Å²) in [5, 5.41) is 3.84. The standard InChI is InChI=1S/C17H22N2O3/c1-3-13(4-2)19-16(20)11-22-17(21)9-12-10-18-15-8-6-5-7-14(12)15/h5-8,10,13,18H,3-4,9,11H2,1-2H3,(H,19,20). The molecule has 5 nitrogen and oxygen atoms in total. The van der Waals surface area contributed by atoms with Crippen molar-refractivity contribution in [3.05, 3.63) is 36.0 Å². The van der Waals surface area contributed by atoms with E-state index < -0.39 is 5.97 Å². The first-order chi connectivity index (χ1) is 10.6. The predicted molar refractivity (Wildman–Crippen MR) is 85.5 cm³/mol. The van der Waals surface area contributed by atoms with Crippen LogP contribution in [-0.2, 0) is 20.7 Å². The number of para-hydroxylation sites is 1. The van der Waals surface area contributed by atoms with Gasteiger partial charge in [0.15, 0.2) is 6.61 Å². The van der Waals surface area contributed by atoms with Crippen molar-refractivity contribution in [3.63, 3.8) is 0 Å². The van der Waals surface area contributed by atoms with E-state index in [0.29, 0.717) is 0 Å². The first kappa shape index (κ1) is 16.1. The van der Waals surface area contributed by atoms with Crippen LogP contribution in [0.4, 0.5) is 0 Å². The van der Waals surface area contributed by atoms with Crippen molar-refractivity contribution >= 4 is 22.8 Å². The molecule has 0 spiro atoms. The maximum atomic E-state index is 11.9. The lowest BCUT2D eigenvalue weighted by Crippen LogP contribution is -2.37.